The van der Waals surface area contributed by atoms with E-state index in [0.29, 0.717) is 22.9 Å². The second-order valence-electron chi connectivity index (χ2n) is 5.54. The number of ether oxygens (including phenoxy) is 1. The van der Waals surface area contributed by atoms with Gasteiger partial charge in [-0.25, -0.2) is 4.79 Å². The van der Waals surface area contributed by atoms with E-state index in [1.807, 2.05) is 49.4 Å². The first-order chi connectivity index (χ1) is 11.5. The fraction of sp³-hybridized carbons (Fsp3) is 0.278. The van der Waals surface area contributed by atoms with E-state index in [-0.39, 0.29) is 12.1 Å². The summed E-state index contributed by atoms with van der Waals surface area (Å²) in [5.74, 6) is 1.70. The molecule has 0 unspecified atom stereocenters. The van der Waals surface area contributed by atoms with Crippen molar-refractivity contribution in [1.29, 1.82) is 0 Å². The fourth-order valence-electron chi connectivity index (χ4n) is 2.13. The Hall–Kier alpha value is -2.34. The molecule has 128 valence electrons. The zero-order valence-corrected chi connectivity index (χ0v) is 14.9. The van der Waals surface area contributed by atoms with Gasteiger partial charge >= 0.3 is 6.03 Å². The summed E-state index contributed by atoms with van der Waals surface area (Å²) in [5, 5.41) is 2.85. The van der Waals surface area contributed by atoms with Crippen LogP contribution in [-0.4, -0.2) is 40.2 Å². The molecule has 2 aromatic carbocycles. The van der Waals surface area contributed by atoms with E-state index in [4.69, 9.17) is 4.74 Å². The van der Waals surface area contributed by atoms with Crippen LogP contribution in [0.4, 0.5) is 10.5 Å². The number of carbonyl (C=O) groups excluding carboxylic acids is 1. The van der Waals surface area contributed by atoms with Gasteiger partial charge < -0.3 is 15.0 Å². The molecule has 1 N–H and O–H groups in total. The summed E-state index contributed by atoms with van der Waals surface area (Å²) in [6.07, 6.45) is 1.63. The number of hydrogen-bond donors (Lipinski definition) is 1. The molecule has 0 aliphatic rings. The largest absolute Gasteiger partial charge is 0.455 e. The summed E-state index contributed by atoms with van der Waals surface area (Å²) >= 11 is 0. The van der Waals surface area contributed by atoms with Crippen LogP contribution < -0.4 is 10.1 Å². The normalized spacial score (nSPS) is 13.0. The second kappa shape index (κ2) is 8.49. The summed E-state index contributed by atoms with van der Waals surface area (Å²) in [6.45, 7) is 1.87. The standard InChI is InChI=1S/C18H22N2O3S/c1-14(13-24(3)22)20(2)18(21)19-16-11-7-8-12-17(16)23-15-9-5-4-6-10-15/h4-12,14H,13H2,1-3H3,(H,19,21)/t14-,24-/m1/s1. The van der Waals surface area contributed by atoms with Crippen molar-refractivity contribution in [3.05, 3.63) is 54.6 Å². The Morgan fingerprint density at radius 3 is 2.46 bits per heavy atom. The van der Waals surface area contributed by atoms with Crippen molar-refractivity contribution in [3.63, 3.8) is 0 Å². The topological polar surface area (TPSA) is 58.6 Å². The van der Waals surface area contributed by atoms with E-state index in [0.717, 1.165) is 0 Å². The van der Waals surface area contributed by atoms with Crippen LogP contribution in [0.3, 0.4) is 0 Å². The number of carbonyl (C=O) groups is 1. The summed E-state index contributed by atoms with van der Waals surface area (Å²) in [5.41, 5.74) is 0.586. The average Bonchev–Trinajstić information content (AvgIpc) is 2.56. The number of rotatable bonds is 6. The molecule has 0 radical (unpaired) electrons. The molecule has 0 aliphatic carbocycles. The number of benzene rings is 2. The highest BCUT2D eigenvalue weighted by Gasteiger charge is 2.18. The third kappa shape index (κ3) is 5.09. The molecular formula is C18H22N2O3S. The number of anilines is 1. The summed E-state index contributed by atoms with van der Waals surface area (Å²) in [6, 6.07) is 16.3. The zero-order chi connectivity index (χ0) is 17.5. The van der Waals surface area contributed by atoms with E-state index in [1.54, 1.807) is 30.3 Å². The Balaban J connectivity index is 2.09. The highest BCUT2D eigenvalue weighted by atomic mass is 32.2. The minimum atomic E-state index is -0.957. The molecule has 2 atom stereocenters. The molecule has 0 aromatic heterocycles. The Morgan fingerprint density at radius 2 is 1.79 bits per heavy atom. The molecule has 2 rings (SSSR count). The highest BCUT2D eigenvalue weighted by Crippen LogP contribution is 2.29. The monoisotopic (exact) mass is 346 g/mol. The molecule has 2 amide bonds. The van der Waals surface area contributed by atoms with E-state index >= 15 is 0 Å². The van der Waals surface area contributed by atoms with Crippen molar-refractivity contribution >= 4 is 22.5 Å². The molecule has 0 spiro atoms. The first kappa shape index (κ1) is 18.0. The summed E-state index contributed by atoms with van der Waals surface area (Å²) in [4.78, 5) is 13.9. The number of nitrogens with one attached hydrogen (secondary N) is 1. The van der Waals surface area contributed by atoms with E-state index in [9.17, 15) is 9.00 Å². The van der Waals surface area contributed by atoms with Gasteiger partial charge in [0.25, 0.3) is 0 Å². The van der Waals surface area contributed by atoms with Gasteiger partial charge in [-0.3, -0.25) is 4.21 Å². The summed E-state index contributed by atoms with van der Waals surface area (Å²) in [7, 11) is 0.731. The molecular weight excluding hydrogens is 324 g/mol. The lowest BCUT2D eigenvalue weighted by Crippen LogP contribution is -2.40. The van der Waals surface area contributed by atoms with Crippen LogP contribution in [-0.2, 0) is 10.8 Å². The van der Waals surface area contributed by atoms with Crippen molar-refractivity contribution in [3.8, 4) is 11.5 Å². The molecule has 24 heavy (non-hydrogen) atoms. The first-order valence-electron chi connectivity index (χ1n) is 7.63. The van der Waals surface area contributed by atoms with Crippen LogP contribution in [0.5, 0.6) is 11.5 Å². The lowest BCUT2D eigenvalue weighted by molar-refractivity contribution is 0.212. The van der Waals surface area contributed by atoms with Crippen molar-refractivity contribution in [1.82, 2.24) is 4.90 Å². The SMILES string of the molecule is C[C@H](C[S@@](C)=O)N(C)C(=O)Nc1ccccc1Oc1ccccc1. The summed E-state index contributed by atoms with van der Waals surface area (Å²) < 4.78 is 17.2. The van der Waals surface area contributed by atoms with E-state index < -0.39 is 10.8 Å². The van der Waals surface area contributed by atoms with Crippen LogP contribution in [0.15, 0.2) is 54.6 Å². The maximum Gasteiger partial charge on any atom is 0.321 e. The average molecular weight is 346 g/mol. The van der Waals surface area contributed by atoms with Gasteiger partial charge in [-0.1, -0.05) is 30.3 Å². The van der Waals surface area contributed by atoms with Gasteiger partial charge in [0.1, 0.15) is 5.75 Å². The molecule has 0 bridgehead atoms. The van der Waals surface area contributed by atoms with Gasteiger partial charge in [-0.05, 0) is 31.2 Å². The van der Waals surface area contributed by atoms with Crippen LogP contribution in [0.1, 0.15) is 6.92 Å². The van der Waals surface area contributed by atoms with Crippen LogP contribution in [0, 0.1) is 0 Å². The Bertz CT molecular complexity index is 706. The lowest BCUT2D eigenvalue weighted by atomic mass is 10.3. The molecule has 0 fully saturated rings. The van der Waals surface area contributed by atoms with Crippen molar-refractivity contribution in [2.45, 2.75) is 13.0 Å². The minimum Gasteiger partial charge on any atom is -0.455 e. The molecule has 0 saturated heterocycles. The zero-order valence-electron chi connectivity index (χ0n) is 14.1. The molecule has 2 aromatic rings. The van der Waals surface area contributed by atoms with Crippen LogP contribution in [0.25, 0.3) is 0 Å². The predicted octanol–water partition coefficient (Wildman–Crippen LogP) is 3.71. The Kier molecular flexibility index (Phi) is 6.37. The third-order valence-electron chi connectivity index (χ3n) is 3.56. The van der Waals surface area contributed by atoms with Gasteiger partial charge in [0.2, 0.25) is 0 Å². The number of amides is 2. The van der Waals surface area contributed by atoms with Gasteiger partial charge in [0, 0.05) is 35.9 Å². The van der Waals surface area contributed by atoms with Gasteiger partial charge in [0.15, 0.2) is 5.75 Å². The number of nitrogens with zero attached hydrogens (tertiary/aromatic N) is 1. The lowest BCUT2D eigenvalue weighted by Gasteiger charge is -2.25. The number of hydrogen-bond acceptors (Lipinski definition) is 3. The smallest absolute Gasteiger partial charge is 0.321 e. The maximum atomic E-state index is 12.4. The number of urea groups is 1. The Labute approximate surface area is 145 Å². The van der Waals surface area contributed by atoms with Crippen molar-refractivity contribution in [2.24, 2.45) is 0 Å². The molecule has 0 saturated carbocycles. The van der Waals surface area contributed by atoms with Crippen molar-refractivity contribution < 1.29 is 13.7 Å². The van der Waals surface area contributed by atoms with Crippen LogP contribution in [0.2, 0.25) is 0 Å². The van der Waals surface area contributed by atoms with E-state index in [2.05, 4.69) is 5.32 Å². The Morgan fingerprint density at radius 1 is 1.17 bits per heavy atom. The van der Waals surface area contributed by atoms with Gasteiger partial charge in [0.05, 0.1) is 5.69 Å². The quantitative estimate of drug-likeness (QED) is 0.867. The van der Waals surface area contributed by atoms with Crippen molar-refractivity contribution in [2.75, 3.05) is 24.4 Å². The maximum absolute atomic E-state index is 12.4. The third-order valence-corrected chi connectivity index (χ3v) is 4.51. The molecule has 5 nitrogen and oxygen atoms in total. The highest BCUT2D eigenvalue weighted by molar-refractivity contribution is 7.84. The predicted molar refractivity (Wildman–Crippen MR) is 98.1 cm³/mol. The minimum absolute atomic E-state index is 0.127. The number of para-hydroxylation sites is 3. The van der Waals surface area contributed by atoms with Crippen LogP contribution >= 0.6 is 0 Å². The van der Waals surface area contributed by atoms with E-state index in [1.165, 1.54) is 0 Å². The van der Waals surface area contributed by atoms with Gasteiger partial charge in [-0.15, -0.1) is 0 Å². The fourth-order valence-corrected chi connectivity index (χ4v) is 3.03. The van der Waals surface area contributed by atoms with Gasteiger partial charge in [-0.2, -0.15) is 0 Å². The first-order valence-corrected chi connectivity index (χ1v) is 9.36. The molecule has 0 aliphatic heterocycles. The second-order valence-corrected chi connectivity index (χ2v) is 7.02. The molecule has 0 heterocycles. The molecule has 6 heteroatoms.